The van der Waals surface area contributed by atoms with Crippen molar-refractivity contribution in [2.45, 2.75) is 0 Å². The minimum absolute atomic E-state index is 0.198. The van der Waals surface area contributed by atoms with Crippen molar-refractivity contribution in [1.82, 2.24) is 4.98 Å². The maximum atomic E-state index is 12.1. The highest BCUT2D eigenvalue weighted by molar-refractivity contribution is 7.20. The van der Waals surface area contributed by atoms with E-state index in [-0.39, 0.29) is 5.91 Å². The van der Waals surface area contributed by atoms with Gasteiger partial charge in [0.1, 0.15) is 5.75 Å². The Bertz CT molecular complexity index is 717. The van der Waals surface area contributed by atoms with Gasteiger partial charge in [0.2, 0.25) is 0 Å². The van der Waals surface area contributed by atoms with Gasteiger partial charge in [0.25, 0.3) is 5.91 Å². The molecule has 0 aliphatic carbocycles. The average Bonchev–Trinajstić information content (AvgIpc) is 2.92. The SMILES string of the molecule is COc1ccc(NC(=O)c2nc3ccccc3s2)cc1. The van der Waals surface area contributed by atoms with E-state index in [1.807, 2.05) is 24.3 Å². The summed E-state index contributed by atoms with van der Waals surface area (Å²) >= 11 is 1.38. The highest BCUT2D eigenvalue weighted by Crippen LogP contribution is 2.23. The monoisotopic (exact) mass is 284 g/mol. The van der Waals surface area contributed by atoms with Gasteiger partial charge in [0, 0.05) is 5.69 Å². The molecule has 0 fully saturated rings. The van der Waals surface area contributed by atoms with E-state index in [1.54, 1.807) is 31.4 Å². The van der Waals surface area contributed by atoms with Crippen molar-refractivity contribution >= 4 is 33.1 Å². The van der Waals surface area contributed by atoms with Gasteiger partial charge < -0.3 is 10.1 Å². The Labute approximate surface area is 120 Å². The Morgan fingerprint density at radius 1 is 1.15 bits per heavy atom. The molecular formula is C15H12N2O2S. The molecule has 4 nitrogen and oxygen atoms in total. The number of amides is 1. The second kappa shape index (κ2) is 5.30. The fourth-order valence-electron chi connectivity index (χ4n) is 1.83. The van der Waals surface area contributed by atoms with Gasteiger partial charge in [0.05, 0.1) is 17.3 Å². The fraction of sp³-hybridized carbons (Fsp3) is 0.0667. The minimum Gasteiger partial charge on any atom is -0.497 e. The van der Waals surface area contributed by atoms with Crippen LogP contribution in [0, 0.1) is 0 Å². The predicted octanol–water partition coefficient (Wildman–Crippen LogP) is 3.56. The Balaban J connectivity index is 1.81. The van der Waals surface area contributed by atoms with Crippen LogP contribution in [-0.2, 0) is 0 Å². The molecule has 2 aromatic carbocycles. The second-order valence-electron chi connectivity index (χ2n) is 4.17. The van der Waals surface area contributed by atoms with Gasteiger partial charge in [-0.1, -0.05) is 12.1 Å². The Morgan fingerprint density at radius 2 is 1.90 bits per heavy atom. The number of rotatable bonds is 3. The van der Waals surface area contributed by atoms with Crippen molar-refractivity contribution in [1.29, 1.82) is 0 Å². The van der Waals surface area contributed by atoms with E-state index in [4.69, 9.17) is 4.74 Å². The molecule has 0 saturated carbocycles. The van der Waals surface area contributed by atoms with Crippen molar-refractivity contribution in [2.75, 3.05) is 12.4 Å². The Hall–Kier alpha value is -2.40. The van der Waals surface area contributed by atoms with Crippen LogP contribution in [0.3, 0.4) is 0 Å². The quantitative estimate of drug-likeness (QED) is 0.800. The number of anilines is 1. The number of nitrogens with one attached hydrogen (secondary N) is 1. The molecule has 1 N–H and O–H groups in total. The lowest BCUT2D eigenvalue weighted by Gasteiger charge is -2.04. The van der Waals surface area contributed by atoms with E-state index in [9.17, 15) is 4.79 Å². The molecule has 20 heavy (non-hydrogen) atoms. The second-order valence-corrected chi connectivity index (χ2v) is 5.20. The zero-order chi connectivity index (χ0) is 13.9. The third-order valence-corrected chi connectivity index (χ3v) is 3.87. The van der Waals surface area contributed by atoms with Crippen LogP contribution in [0.1, 0.15) is 9.80 Å². The number of thiazole rings is 1. The summed E-state index contributed by atoms with van der Waals surface area (Å²) in [5.41, 5.74) is 1.56. The molecule has 1 amide bonds. The summed E-state index contributed by atoms with van der Waals surface area (Å²) < 4.78 is 6.08. The number of hydrogen-bond acceptors (Lipinski definition) is 4. The smallest absolute Gasteiger partial charge is 0.284 e. The molecule has 100 valence electrons. The van der Waals surface area contributed by atoms with Crippen LogP contribution in [0.2, 0.25) is 0 Å². The first-order chi connectivity index (χ1) is 9.76. The molecule has 0 spiro atoms. The first-order valence-electron chi connectivity index (χ1n) is 6.07. The third-order valence-electron chi connectivity index (χ3n) is 2.84. The number of nitrogens with zero attached hydrogens (tertiary/aromatic N) is 1. The lowest BCUT2D eigenvalue weighted by molar-refractivity contribution is 0.102. The molecule has 5 heteroatoms. The molecule has 1 heterocycles. The molecule has 0 aliphatic rings. The summed E-state index contributed by atoms with van der Waals surface area (Å²) in [4.78, 5) is 16.5. The molecule has 0 saturated heterocycles. The molecule has 0 unspecified atom stereocenters. The number of para-hydroxylation sites is 1. The van der Waals surface area contributed by atoms with Crippen LogP contribution in [0.4, 0.5) is 5.69 Å². The van der Waals surface area contributed by atoms with Crippen molar-refractivity contribution in [3.05, 3.63) is 53.5 Å². The molecule has 1 aromatic heterocycles. The van der Waals surface area contributed by atoms with Gasteiger partial charge in [-0.15, -0.1) is 11.3 Å². The highest BCUT2D eigenvalue weighted by Gasteiger charge is 2.12. The summed E-state index contributed by atoms with van der Waals surface area (Å²) in [5, 5.41) is 3.28. The number of carbonyl (C=O) groups excluding carboxylic acids is 1. The number of fused-ring (bicyclic) bond motifs is 1. The molecule has 0 bridgehead atoms. The summed E-state index contributed by atoms with van der Waals surface area (Å²) in [6, 6.07) is 14.9. The summed E-state index contributed by atoms with van der Waals surface area (Å²) in [7, 11) is 1.61. The molecule has 3 rings (SSSR count). The Kier molecular flexibility index (Phi) is 3.35. The number of benzene rings is 2. The van der Waals surface area contributed by atoms with Gasteiger partial charge in [-0.3, -0.25) is 4.79 Å². The van der Waals surface area contributed by atoms with E-state index < -0.39 is 0 Å². The number of ether oxygens (including phenoxy) is 1. The van der Waals surface area contributed by atoms with E-state index in [0.717, 1.165) is 21.7 Å². The number of hydrogen-bond donors (Lipinski definition) is 1. The topological polar surface area (TPSA) is 51.2 Å². The van der Waals surface area contributed by atoms with E-state index in [1.165, 1.54) is 11.3 Å². The zero-order valence-electron chi connectivity index (χ0n) is 10.8. The van der Waals surface area contributed by atoms with Crippen molar-refractivity contribution < 1.29 is 9.53 Å². The zero-order valence-corrected chi connectivity index (χ0v) is 11.6. The predicted molar refractivity (Wildman–Crippen MR) is 80.6 cm³/mol. The van der Waals surface area contributed by atoms with Gasteiger partial charge in [-0.2, -0.15) is 0 Å². The molecular weight excluding hydrogens is 272 g/mol. The van der Waals surface area contributed by atoms with E-state index in [2.05, 4.69) is 10.3 Å². The van der Waals surface area contributed by atoms with Crippen molar-refractivity contribution in [3.8, 4) is 5.75 Å². The van der Waals surface area contributed by atoms with E-state index >= 15 is 0 Å². The van der Waals surface area contributed by atoms with Crippen molar-refractivity contribution in [2.24, 2.45) is 0 Å². The first kappa shape index (κ1) is 12.6. The van der Waals surface area contributed by atoms with Gasteiger partial charge in [-0.05, 0) is 36.4 Å². The largest absolute Gasteiger partial charge is 0.497 e. The van der Waals surface area contributed by atoms with Gasteiger partial charge >= 0.3 is 0 Å². The van der Waals surface area contributed by atoms with Crippen LogP contribution < -0.4 is 10.1 Å². The lowest BCUT2D eigenvalue weighted by atomic mass is 10.3. The normalized spacial score (nSPS) is 10.4. The summed E-state index contributed by atoms with van der Waals surface area (Å²) in [5.74, 6) is 0.555. The average molecular weight is 284 g/mol. The van der Waals surface area contributed by atoms with Gasteiger partial charge in [-0.25, -0.2) is 4.98 Å². The van der Waals surface area contributed by atoms with Crippen LogP contribution in [-0.4, -0.2) is 18.0 Å². The fourth-order valence-corrected chi connectivity index (χ4v) is 2.69. The van der Waals surface area contributed by atoms with Crippen molar-refractivity contribution in [3.63, 3.8) is 0 Å². The molecule has 0 aliphatic heterocycles. The van der Waals surface area contributed by atoms with Crippen LogP contribution in [0.15, 0.2) is 48.5 Å². The third kappa shape index (κ3) is 2.48. The lowest BCUT2D eigenvalue weighted by Crippen LogP contribution is -2.11. The molecule has 3 aromatic rings. The van der Waals surface area contributed by atoms with Crippen LogP contribution in [0.5, 0.6) is 5.75 Å². The molecule has 0 atom stereocenters. The van der Waals surface area contributed by atoms with Gasteiger partial charge in [0.15, 0.2) is 5.01 Å². The maximum Gasteiger partial charge on any atom is 0.284 e. The Morgan fingerprint density at radius 3 is 2.60 bits per heavy atom. The number of aromatic nitrogens is 1. The number of methoxy groups -OCH3 is 1. The van der Waals surface area contributed by atoms with Crippen LogP contribution >= 0.6 is 11.3 Å². The molecule has 0 radical (unpaired) electrons. The summed E-state index contributed by atoms with van der Waals surface area (Å²) in [6.45, 7) is 0. The first-order valence-corrected chi connectivity index (χ1v) is 6.89. The highest BCUT2D eigenvalue weighted by atomic mass is 32.1. The maximum absolute atomic E-state index is 12.1. The number of carbonyl (C=O) groups is 1. The van der Waals surface area contributed by atoms with Crippen LogP contribution in [0.25, 0.3) is 10.2 Å². The standard InChI is InChI=1S/C15H12N2O2S/c1-19-11-8-6-10(7-9-11)16-14(18)15-17-12-4-2-3-5-13(12)20-15/h2-9H,1H3,(H,16,18). The minimum atomic E-state index is -0.198. The summed E-state index contributed by atoms with van der Waals surface area (Å²) in [6.07, 6.45) is 0. The van der Waals surface area contributed by atoms with E-state index in [0.29, 0.717) is 5.01 Å².